The first-order valence-corrected chi connectivity index (χ1v) is 11.2. The number of ether oxygens (including phenoxy) is 6. The van der Waals surface area contributed by atoms with Crippen LogP contribution in [-0.4, -0.2) is 67.8 Å². The zero-order chi connectivity index (χ0) is 25.4. The van der Waals surface area contributed by atoms with Crippen molar-refractivity contribution in [3.8, 4) is 0 Å². The van der Waals surface area contributed by atoms with Gasteiger partial charge in [0.1, 0.15) is 12.7 Å². The van der Waals surface area contributed by atoms with Gasteiger partial charge in [0.25, 0.3) is 0 Å². The van der Waals surface area contributed by atoms with Gasteiger partial charge in [-0.1, -0.05) is 18.2 Å². The molecule has 0 aromatic heterocycles. The standard InChI is InChI=1S/C24H34O10/c1-13(2)19-9-7-18(8-10-19)11-30-24-23(33-17(6)28)22(32-16(5)27)21(31-15(4)26)20(34-24)12-29-14(3)25/h7,19-24H,1,8-12H2,2-6H3/t19-,20-,21-,22+,23-,24-/m1/s1. The highest BCUT2D eigenvalue weighted by Gasteiger charge is 2.52. The van der Waals surface area contributed by atoms with Crippen LogP contribution in [0, 0.1) is 5.92 Å². The molecule has 1 aliphatic carbocycles. The van der Waals surface area contributed by atoms with E-state index in [1.165, 1.54) is 27.7 Å². The summed E-state index contributed by atoms with van der Waals surface area (Å²) < 4.78 is 33.1. The smallest absolute Gasteiger partial charge is 0.303 e. The van der Waals surface area contributed by atoms with E-state index in [9.17, 15) is 19.2 Å². The molecule has 1 fully saturated rings. The third kappa shape index (κ3) is 8.25. The van der Waals surface area contributed by atoms with E-state index in [2.05, 4.69) is 12.7 Å². The van der Waals surface area contributed by atoms with Gasteiger partial charge in [0, 0.05) is 27.7 Å². The lowest BCUT2D eigenvalue weighted by Crippen LogP contribution is -2.63. The second-order valence-corrected chi connectivity index (χ2v) is 8.56. The quantitative estimate of drug-likeness (QED) is 0.275. The van der Waals surface area contributed by atoms with E-state index in [-0.39, 0.29) is 13.2 Å². The van der Waals surface area contributed by atoms with E-state index in [0.717, 1.165) is 30.4 Å². The summed E-state index contributed by atoms with van der Waals surface area (Å²) in [6.07, 6.45) is -1.14. The molecule has 1 saturated heterocycles. The largest absolute Gasteiger partial charge is 0.463 e. The Bertz CT molecular complexity index is 817. The van der Waals surface area contributed by atoms with Gasteiger partial charge in [-0.3, -0.25) is 19.2 Å². The minimum Gasteiger partial charge on any atom is -0.463 e. The summed E-state index contributed by atoms with van der Waals surface area (Å²) in [4.78, 5) is 46.9. The second kappa shape index (κ2) is 12.7. The molecule has 1 aliphatic heterocycles. The summed E-state index contributed by atoms with van der Waals surface area (Å²) >= 11 is 0. The Morgan fingerprint density at radius 2 is 1.50 bits per heavy atom. The maximum Gasteiger partial charge on any atom is 0.303 e. The maximum atomic E-state index is 11.9. The average molecular weight is 483 g/mol. The molecule has 0 aromatic carbocycles. The van der Waals surface area contributed by atoms with Crippen LogP contribution in [0.1, 0.15) is 53.9 Å². The fourth-order valence-corrected chi connectivity index (χ4v) is 3.98. The van der Waals surface area contributed by atoms with E-state index < -0.39 is 54.6 Å². The number of hydrogen-bond donors (Lipinski definition) is 0. The Hall–Kier alpha value is -2.72. The van der Waals surface area contributed by atoms with Crippen LogP contribution in [0.4, 0.5) is 0 Å². The highest BCUT2D eigenvalue weighted by Crippen LogP contribution is 2.32. The Morgan fingerprint density at radius 1 is 0.912 bits per heavy atom. The van der Waals surface area contributed by atoms with Crippen LogP contribution < -0.4 is 0 Å². The predicted molar refractivity (Wildman–Crippen MR) is 118 cm³/mol. The highest BCUT2D eigenvalue weighted by molar-refractivity contribution is 5.68. The third-order valence-corrected chi connectivity index (χ3v) is 5.58. The van der Waals surface area contributed by atoms with E-state index in [0.29, 0.717) is 5.92 Å². The van der Waals surface area contributed by atoms with E-state index >= 15 is 0 Å². The number of rotatable bonds is 9. The van der Waals surface area contributed by atoms with Gasteiger partial charge in [-0.15, -0.1) is 0 Å². The van der Waals surface area contributed by atoms with E-state index in [1.807, 2.05) is 6.92 Å². The number of hydrogen-bond acceptors (Lipinski definition) is 10. The van der Waals surface area contributed by atoms with Crippen LogP contribution in [0.15, 0.2) is 23.8 Å². The summed E-state index contributed by atoms with van der Waals surface area (Å²) in [6, 6.07) is 0. The van der Waals surface area contributed by atoms with Gasteiger partial charge < -0.3 is 28.4 Å². The molecule has 34 heavy (non-hydrogen) atoms. The van der Waals surface area contributed by atoms with Crippen molar-refractivity contribution in [2.45, 2.75) is 84.6 Å². The molecule has 0 spiro atoms. The van der Waals surface area contributed by atoms with Gasteiger partial charge >= 0.3 is 23.9 Å². The second-order valence-electron chi connectivity index (χ2n) is 8.56. The Kier molecular flexibility index (Phi) is 10.2. The molecular formula is C24H34O10. The van der Waals surface area contributed by atoms with Gasteiger partial charge in [-0.25, -0.2) is 0 Å². The van der Waals surface area contributed by atoms with Crippen molar-refractivity contribution in [2.75, 3.05) is 13.2 Å². The zero-order valence-electron chi connectivity index (χ0n) is 20.4. The molecular weight excluding hydrogens is 448 g/mol. The van der Waals surface area contributed by atoms with Crippen LogP contribution in [0.25, 0.3) is 0 Å². The van der Waals surface area contributed by atoms with E-state index in [4.69, 9.17) is 28.4 Å². The first kappa shape index (κ1) is 27.5. The average Bonchev–Trinajstić information content (AvgIpc) is 2.73. The number of esters is 4. The molecule has 10 heteroatoms. The molecule has 0 aromatic rings. The van der Waals surface area contributed by atoms with Crippen LogP contribution in [0.5, 0.6) is 0 Å². The molecule has 2 aliphatic rings. The molecule has 0 saturated carbocycles. The monoisotopic (exact) mass is 482 g/mol. The predicted octanol–water partition coefficient (Wildman–Crippen LogP) is 2.39. The van der Waals surface area contributed by atoms with Gasteiger partial charge in [0.15, 0.2) is 24.6 Å². The summed E-state index contributed by atoms with van der Waals surface area (Å²) in [5.41, 5.74) is 2.18. The van der Waals surface area contributed by atoms with Crippen molar-refractivity contribution in [3.05, 3.63) is 23.8 Å². The molecule has 0 unspecified atom stereocenters. The number of carbonyl (C=O) groups excluding carboxylic acids is 4. The minimum absolute atomic E-state index is 0.191. The van der Waals surface area contributed by atoms with Crippen LogP contribution in [0.2, 0.25) is 0 Å². The maximum absolute atomic E-state index is 11.9. The summed E-state index contributed by atoms with van der Waals surface area (Å²) in [5, 5.41) is 0. The zero-order valence-corrected chi connectivity index (χ0v) is 20.4. The lowest BCUT2D eigenvalue weighted by atomic mass is 9.86. The number of allylic oxidation sites excluding steroid dienone is 2. The summed E-state index contributed by atoms with van der Waals surface area (Å²) in [7, 11) is 0. The molecule has 0 bridgehead atoms. The normalized spacial score (nSPS) is 28.8. The molecule has 0 amide bonds. The van der Waals surface area contributed by atoms with Crippen molar-refractivity contribution >= 4 is 23.9 Å². The topological polar surface area (TPSA) is 124 Å². The van der Waals surface area contributed by atoms with Crippen LogP contribution in [-0.2, 0) is 47.6 Å². The first-order chi connectivity index (χ1) is 16.0. The van der Waals surface area contributed by atoms with Crippen molar-refractivity contribution in [1.82, 2.24) is 0 Å². The highest BCUT2D eigenvalue weighted by atomic mass is 16.7. The molecule has 10 nitrogen and oxygen atoms in total. The fraction of sp³-hybridized carbons (Fsp3) is 0.667. The third-order valence-electron chi connectivity index (χ3n) is 5.58. The molecule has 190 valence electrons. The first-order valence-electron chi connectivity index (χ1n) is 11.2. The van der Waals surface area contributed by atoms with Gasteiger partial charge in [0.2, 0.25) is 0 Å². The SMILES string of the molecule is C=C(C)[C@@H]1CC=C(CO[C@@H]2O[C@H](COC(C)=O)[C@@H](OC(C)=O)[C@H](OC(C)=O)[C@H]2OC(C)=O)CC1. The lowest BCUT2D eigenvalue weighted by Gasteiger charge is -2.44. The van der Waals surface area contributed by atoms with Crippen molar-refractivity contribution in [3.63, 3.8) is 0 Å². The van der Waals surface area contributed by atoms with Gasteiger partial charge in [-0.05, 0) is 37.7 Å². The molecule has 2 rings (SSSR count). The molecule has 6 atom stereocenters. The van der Waals surface area contributed by atoms with Crippen LogP contribution in [0.3, 0.4) is 0 Å². The van der Waals surface area contributed by atoms with Crippen molar-refractivity contribution in [1.29, 1.82) is 0 Å². The Labute approximate surface area is 199 Å². The molecule has 1 heterocycles. The summed E-state index contributed by atoms with van der Waals surface area (Å²) in [6.45, 7) is 10.7. The summed E-state index contributed by atoms with van der Waals surface area (Å²) in [5.74, 6) is -2.19. The van der Waals surface area contributed by atoms with Crippen molar-refractivity contribution in [2.24, 2.45) is 5.92 Å². The number of carbonyl (C=O) groups is 4. The van der Waals surface area contributed by atoms with Gasteiger partial charge in [0.05, 0.1) is 6.61 Å². The Morgan fingerprint density at radius 3 is 2.00 bits per heavy atom. The molecule has 0 N–H and O–H groups in total. The molecule has 0 radical (unpaired) electrons. The lowest BCUT2D eigenvalue weighted by molar-refractivity contribution is -0.306. The van der Waals surface area contributed by atoms with Crippen LogP contribution >= 0.6 is 0 Å². The van der Waals surface area contributed by atoms with E-state index in [1.54, 1.807) is 0 Å². The van der Waals surface area contributed by atoms with Crippen molar-refractivity contribution < 1.29 is 47.6 Å². The Balaban J connectivity index is 2.28. The fourth-order valence-electron chi connectivity index (χ4n) is 3.98. The van der Waals surface area contributed by atoms with Gasteiger partial charge in [-0.2, -0.15) is 0 Å². The minimum atomic E-state index is -1.24.